The minimum absolute atomic E-state index is 0.106. The number of rotatable bonds is 3. The molecule has 1 aromatic carbocycles. The molecule has 2 amide bonds. The van der Waals surface area contributed by atoms with E-state index in [-0.39, 0.29) is 23.4 Å². The lowest BCUT2D eigenvalue weighted by Gasteiger charge is -2.30. The van der Waals surface area contributed by atoms with Crippen molar-refractivity contribution in [3.8, 4) is 0 Å². The minimum atomic E-state index is -0.522. The highest BCUT2D eigenvalue weighted by molar-refractivity contribution is 14.1. The summed E-state index contributed by atoms with van der Waals surface area (Å²) in [5, 5.41) is 10.8. The summed E-state index contributed by atoms with van der Waals surface area (Å²) in [7, 11) is 0. The number of benzene rings is 1. The Morgan fingerprint density at radius 1 is 1.33 bits per heavy atom. The lowest BCUT2D eigenvalue weighted by atomic mass is 9.96. The molecule has 2 N–H and O–H groups in total. The van der Waals surface area contributed by atoms with Crippen LogP contribution in [0.15, 0.2) is 18.2 Å². The first-order valence-electron chi connectivity index (χ1n) is 6.42. The SMILES string of the molecule is NC(=O)C1CCN(C(=O)c2cc([N+](=O)[O-])ccc2I)CC1. The van der Waals surface area contributed by atoms with Gasteiger partial charge in [-0.3, -0.25) is 19.7 Å². The number of nitrogens with zero attached hydrogens (tertiary/aromatic N) is 2. The molecular formula is C13H14IN3O4. The molecule has 1 fully saturated rings. The summed E-state index contributed by atoms with van der Waals surface area (Å²) in [6.07, 6.45) is 1.07. The van der Waals surface area contributed by atoms with Crippen molar-refractivity contribution in [2.45, 2.75) is 12.8 Å². The fraction of sp³-hybridized carbons (Fsp3) is 0.385. The topological polar surface area (TPSA) is 107 Å². The zero-order valence-electron chi connectivity index (χ0n) is 11.1. The van der Waals surface area contributed by atoms with E-state index in [1.54, 1.807) is 11.0 Å². The molecule has 0 aliphatic carbocycles. The summed E-state index contributed by atoms with van der Waals surface area (Å²) < 4.78 is 0.667. The van der Waals surface area contributed by atoms with Gasteiger partial charge in [0.05, 0.1) is 10.5 Å². The summed E-state index contributed by atoms with van der Waals surface area (Å²) in [5.74, 6) is -0.781. The zero-order valence-corrected chi connectivity index (χ0v) is 13.3. The van der Waals surface area contributed by atoms with Crippen molar-refractivity contribution in [1.29, 1.82) is 0 Å². The molecular weight excluding hydrogens is 389 g/mol. The second kappa shape index (κ2) is 6.37. The van der Waals surface area contributed by atoms with E-state index in [4.69, 9.17) is 5.73 Å². The molecule has 8 heteroatoms. The van der Waals surface area contributed by atoms with Gasteiger partial charge in [0.15, 0.2) is 0 Å². The highest BCUT2D eigenvalue weighted by Gasteiger charge is 2.28. The number of carbonyl (C=O) groups excluding carboxylic acids is 2. The van der Waals surface area contributed by atoms with Crippen LogP contribution in [0.1, 0.15) is 23.2 Å². The van der Waals surface area contributed by atoms with Crippen LogP contribution in [0, 0.1) is 19.6 Å². The number of primary amides is 1. The van der Waals surface area contributed by atoms with E-state index in [2.05, 4.69) is 0 Å². The van der Waals surface area contributed by atoms with Crippen molar-refractivity contribution < 1.29 is 14.5 Å². The fourth-order valence-corrected chi connectivity index (χ4v) is 2.89. The number of nitro groups is 1. The number of hydrogen-bond donors (Lipinski definition) is 1. The maximum Gasteiger partial charge on any atom is 0.270 e. The van der Waals surface area contributed by atoms with Crippen molar-refractivity contribution in [2.24, 2.45) is 11.7 Å². The molecule has 1 saturated heterocycles. The second-order valence-electron chi connectivity index (χ2n) is 4.89. The second-order valence-corrected chi connectivity index (χ2v) is 6.05. The van der Waals surface area contributed by atoms with Crippen molar-refractivity contribution >= 4 is 40.1 Å². The highest BCUT2D eigenvalue weighted by Crippen LogP contribution is 2.24. The third kappa shape index (κ3) is 3.49. The molecule has 1 heterocycles. The standard InChI is InChI=1S/C13H14IN3O4/c14-11-2-1-9(17(20)21)7-10(11)13(19)16-5-3-8(4-6-16)12(15)18/h1-2,7-8H,3-6H2,(H2,15,18). The Labute approximate surface area is 134 Å². The molecule has 0 atom stereocenters. The first-order chi connectivity index (χ1) is 9.90. The average molecular weight is 403 g/mol. The normalized spacial score (nSPS) is 15.8. The first-order valence-corrected chi connectivity index (χ1v) is 7.50. The maximum atomic E-state index is 12.5. The van der Waals surface area contributed by atoms with Crippen LogP contribution in [-0.4, -0.2) is 34.7 Å². The van der Waals surface area contributed by atoms with Gasteiger partial charge in [-0.15, -0.1) is 0 Å². The Balaban J connectivity index is 2.16. The molecule has 2 rings (SSSR count). The number of carbonyl (C=O) groups is 2. The quantitative estimate of drug-likeness (QED) is 0.469. The summed E-state index contributed by atoms with van der Waals surface area (Å²) in [6, 6.07) is 4.23. The third-order valence-corrected chi connectivity index (χ3v) is 4.52. The molecule has 0 aromatic heterocycles. The Bertz CT molecular complexity index is 597. The van der Waals surface area contributed by atoms with Crippen LogP contribution in [0.25, 0.3) is 0 Å². The number of piperidine rings is 1. The van der Waals surface area contributed by atoms with Gasteiger partial charge in [0, 0.05) is 34.7 Å². The molecule has 1 aromatic rings. The van der Waals surface area contributed by atoms with E-state index in [1.165, 1.54) is 12.1 Å². The predicted octanol–water partition coefficient (Wildman–Crippen LogP) is 1.54. The van der Waals surface area contributed by atoms with E-state index < -0.39 is 4.92 Å². The highest BCUT2D eigenvalue weighted by atomic mass is 127. The van der Waals surface area contributed by atoms with E-state index in [9.17, 15) is 19.7 Å². The molecule has 21 heavy (non-hydrogen) atoms. The van der Waals surface area contributed by atoms with Gasteiger partial charge in [-0.25, -0.2) is 0 Å². The van der Waals surface area contributed by atoms with Gasteiger partial charge in [0.1, 0.15) is 0 Å². The Morgan fingerprint density at radius 3 is 2.48 bits per heavy atom. The fourth-order valence-electron chi connectivity index (χ4n) is 2.33. The number of hydrogen-bond acceptors (Lipinski definition) is 4. The number of likely N-dealkylation sites (tertiary alicyclic amines) is 1. The Kier molecular flexibility index (Phi) is 4.76. The van der Waals surface area contributed by atoms with Gasteiger partial charge < -0.3 is 10.6 Å². The summed E-state index contributed by atoms with van der Waals surface area (Å²) in [5.41, 5.74) is 5.47. The van der Waals surface area contributed by atoms with E-state index in [0.717, 1.165) is 0 Å². The smallest absolute Gasteiger partial charge is 0.270 e. The van der Waals surface area contributed by atoms with Crippen molar-refractivity contribution in [2.75, 3.05) is 13.1 Å². The van der Waals surface area contributed by atoms with Crippen molar-refractivity contribution in [3.63, 3.8) is 0 Å². The summed E-state index contributed by atoms with van der Waals surface area (Å²) in [6.45, 7) is 0.871. The van der Waals surface area contributed by atoms with Gasteiger partial charge in [0.2, 0.25) is 5.91 Å². The number of non-ortho nitro benzene ring substituents is 1. The maximum absolute atomic E-state index is 12.5. The molecule has 0 saturated carbocycles. The van der Waals surface area contributed by atoms with Gasteiger partial charge in [-0.2, -0.15) is 0 Å². The van der Waals surface area contributed by atoms with Gasteiger partial charge in [0.25, 0.3) is 11.6 Å². The van der Waals surface area contributed by atoms with Crippen LogP contribution in [-0.2, 0) is 4.79 Å². The zero-order chi connectivity index (χ0) is 15.6. The van der Waals surface area contributed by atoms with E-state index >= 15 is 0 Å². The number of amides is 2. The lowest BCUT2D eigenvalue weighted by molar-refractivity contribution is -0.384. The monoisotopic (exact) mass is 403 g/mol. The predicted molar refractivity (Wildman–Crippen MR) is 83.6 cm³/mol. The van der Waals surface area contributed by atoms with Gasteiger partial charge >= 0.3 is 0 Å². The average Bonchev–Trinajstić information content (AvgIpc) is 2.47. The minimum Gasteiger partial charge on any atom is -0.369 e. The van der Waals surface area contributed by atoms with E-state index in [1.807, 2.05) is 22.6 Å². The number of nitro benzene ring substituents is 1. The van der Waals surface area contributed by atoms with Crippen LogP contribution >= 0.6 is 22.6 Å². The summed E-state index contributed by atoms with van der Waals surface area (Å²) in [4.78, 5) is 35.5. The number of halogens is 1. The number of nitrogens with two attached hydrogens (primary N) is 1. The molecule has 112 valence electrons. The molecule has 1 aliphatic rings. The third-order valence-electron chi connectivity index (χ3n) is 3.58. The summed E-state index contributed by atoms with van der Waals surface area (Å²) >= 11 is 1.98. The van der Waals surface area contributed by atoms with Gasteiger partial charge in [-0.05, 0) is 41.5 Å². The molecule has 0 radical (unpaired) electrons. The van der Waals surface area contributed by atoms with Crippen LogP contribution < -0.4 is 5.73 Å². The van der Waals surface area contributed by atoms with Crippen LogP contribution in [0.2, 0.25) is 0 Å². The van der Waals surface area contributed by atoms with Crippen LogP contribution in [0.4, 0.5) is 5.69 Å². The molecule has 1 aliphatic heterocycles. The lowest BCUT2D eigenvalue weighted by Crippen LogP contribution is -2.42. The van der Waals surface area contributed by atoms with Crippen LogP contribution in [0.3, 0.4) is 0 Å². The Hall–Kier alpha value is -1.71. The molecule has 0 unspecified atom stereocenters. The molecule has 0 bridgehead atoms. The largest absolute Gasteiger partial charge is 0.369 e. The van der Waals surface area contributed by atoms with Crippen LogP contribution in [0.5, 0.6) is 0 Å². The van der Waals surface area contributed by atoms with Gasteiger partial charge in [-0.1, -0.05) is 0 Å². The Morgan fingerprint density at radius 2 is 1.95 bits per heavy atom. The van der Waals surface area contributed by atoms with E-state index in [0.29, 0.717) is 35.1 Å². The first kappa shape index (κ1) is 15.7. The molecule has 7 nitrogen and oxygen atoms in total. The van der Waals surface area contributed by atoms with Crippen molar-refractivity contribution in [1.82, 2.24) is 4.90 Å². The molecule has 0 spiro atoms. The van der Waals surface area contributed by atoms with Crippen molar-refractivity contribution in [3.05, 3.63) is 37.4 Å².